The summed E-state index contributed by atoms with van der Waals surface area (Å²) < 4.78 is 19.5. The summed E-state index contributed by atoms with van der Waals surface area (Å²) in [5.41, 5.74) is 4.11. The predicted molar refractivity (Wildman–Crippen MR) is 109 cm³/mol. The van der Waals surface area contributed by atoms with Crippen LogP contribution in [-0.2, 0) is 0 Å². The van der Waals surface area contributed by atoms with E-state index in [4.69, 9.17) is 9.72 Å². The third-order valence-corrected chi connectivity index (χ3v) is 4.65. The molecule has 0 saturated carbocycles. The van der Waals surface area contributed by atoms with Crippen LogP contribution >= 0.6 is 0 Å². The summed E-state index contributed by atoms with van der Waals surface area (Å²) in [5.74, 6) is 1.54. The Morgan fingerprint density at radius 1 is 1.04 bits per heavy atom. The highest BCUT2D eigenvalue weighted by Gasteiger charge is 2.16. The Kier molecular flexibility index (Phi) is 4.61. The molecule has 0 aliphatic rings. The molecule has 0 aliphatic heterocycles. The average molecular weight is 374 g/mol. The molecule has 0 unspecified atom stereocenters. The number of halogens is 1. The molecule has 0 fully saturated rings. The summed E-state index contributed by atoms with van der Waals surface area (Å²) in [6.45, 7) is 1.95. The molecule has 2 aromatic carbocycles. The molecule has 0 bridgehead atoms. The standard InChI is InChI=1S/C22H19FN4O/c1-13-6-7-16(23)11-17(13)15-9-18-20(19(10-15)28-3)26-21(27-22(18)24-2)14-5-4-8-25-12-14/h4-12H,1-3H3,(H,24,26,27). The third kappa shape index (κ3) is 3.13. The van der Waals surface area contributed by atoms with Crippen molar-refractivity contribution in [2.75, 3.05) is 19.5 Å². The highest BCUT2D eigenvalue weighted by Crippen LogP contribution is 2.36. The number of hydrogen-bond acceptors (Lipinski definition) is 5. The van der Waals surface area contributed by atoms with Gasteiger partial charge in [0.05, 0.1) is 7.11 Å². The van der Waals surface area contributed by atoms with Gasteiger partial charge in [0, 0.05) is 30.4 Å². The second-order valence-electron chi connectivity index (χ2n) is 6.42. The zero-order chi connectivity index (χ0) is 19.7. The van der Waals surface area contributed by atoms with Gasteiger partial charge in [-0.15, -0.1) is 0 Å². The number of aromatic nitrogens is 3. The first-order valence-corrected chi connectivity index (χ1v) is 8.85. The molecule has 28 heavy (non-hydrogen) atoms. The van der Waals surface area contributed by atoms with Gasteiger partial charge in [-0.1, -0.05) is 6.07 Å². The van der Waals surface area contributed by atoms with Crippen LogP contribution in [0.4, 0.5) is 10.2 Å². The lowest BCUT2D eigenvalue weighted by Gasteiger charge is -2.14. The van der Waals surface area contributed by atoms with Crippen molar-refractivity contribution in [1.29, 1.82) is 0 Å². The number of methoxy groups -OCH3 is 1. The van der Waals surface area contributed by atoms with Gasteiger partial charge in [-0.3, -0.25) is 4.98 Å². The average Bonchev–Trinajstić information content (AvgIpc) is 2.74. The highest BCUT2D eigenvalue weighted by molar-refractivity contribution is 5.98. The normalized spacial score (nSPS) is 10.9. The Balaban J connectivity index is 1.99. The van der Waals surface area contributed by atoms with Gasteiger partial charge in [-0.2, -0.15) is 0 Å². The molecule has 6 heteroatoms. The lowest BCUT2D eigenvalue weighted by atomic mass is 9.98. The first kappa shape index (κ1) is 17.9. The minimum atomic E-state index is -0.281. The van der Waals surface area contributed by atoms with E-state index in [1.165, 1.54) is 12.1 Å². The summed E-state index contributed by atoms with van der Waals surface area (Å²) in [6, 6.07) is 12.3. The fraction of sp³-hybridized carbons (Fsp3) is 0.136. The van der Waals surface area contributed by atoms with E-state index < -0.39 is 0 Å². The van der Waals surface area contributed by atoms with E-state index >= 15 is 0 Å². The van der Waals surface area contributed by atoms with E-state index in [-0.39, 0.29) is 5.82 Å². The van der Waals surface area contributed by atoms with Gasteiger partial charge in [0.1, 0.15) is 22.9 Å². The fourth-order valence-corrected chi connectivity index (χ4v) is 3.23. The predicted octanol–water partition coefficient (Wildman–Crippen LogP) is 4.86. The summed E-state index contributed by atoms with van der Waals surface area (Å²) in [4.78, 5) is 13.5. The minimum Gasteiger partial charge on any atom is -0.494 e. The number of nitrogens with zero attached hydrogens (tertiary/aromatic N) is 3. The van der Waals surface area contributed by atoms with Crippen molar-refractivity contribution < 1.29 is 9.13 Å². The van der Waals surface area contributed by atoms with Crippen LogP contribution in [0.5, 0.6) is 5.75 Å². The van der Waals surface area contributed by atoms with Crippen molar-refractivity contribution in [2.45, 2.75) is 6.92 Å². The van der Waals surface area contributed by atoms with Crippen molar-refractivity contribution in [1.82, 2.24) is 15.0 Å². The molecule has 4 rings (SSSR count). The number of nitrogens with one attached hydrogen (secondary N) is 1. The number of pyridine rings is 1. The van der Waals surface area contributed by atoms with E-state index in [9.17, 15) is 4.39 Å². The molecular weight excluding hydrogens is 355 g/mol. The van der Waals surface area contributed by atoms with Crippen LogP contribution in [0.25, 0.3) is 33.4 Å². The zero-order valence-electron chi connectivity index (χ0n) is 15.8. The second-order valence-corrected chi connectivity index (χ2v) is 6.42. The molecule has 140 valence electrons. The fourth-order valence-electron chi connectivity index (χ4n) is 3.23. The monoisotopic (exact) mass is 374 g/mol. The molecule has 4 aromatic rings. The Labute approximate surface area is 162 Å². The van der Waals surface area contributed by atoms with Crippen LogP contribution in [0.3, 0.4) is 0 Å². The van der Waals surface area contributed by atoms with Crippen molar-refractivity contribution in [3.63, 3.8) is 0 Å². The summed E-state index contributed by atoms with van der Waals surface area (Å²) >= 11 is 0. The molecule has 0 saturated heterocycles. The van der Waals surface area contributed by atoms with Crippen LogP contribution in [0.1, 0.15) is 5.56 Å². The maximum Gasteiger partial charge on any atom is 0.163 e. The first-order chi connectivity index (χ1) is 13.6. The van der Waals surface area contributed by atoms with E-state index in [1.807, 2.05) is 31.2 Å². The molecule has 2 aromatic heterocycles. The van der Waals surface area contributed by atoms with Crippen LogP contribution < -0.4 is 10.1 Å². The van der Waals surface area contributed by atoms with Gasteiger partial charge >= 0.3 is 0 Å². The maximum absolute atomic E-state index is 13.8. The molecule has 1 N–H and O–H groups in total. The lowest BCUT2D eigenvalue weighted by molar-refractivity contribution is 0.419. The number of ether oxygens (including phenoxy) is 1. The molecule has 0 spiro atoms. The molecule has 0 amide bonds. The Morgan fingerprint density at radius 3 is 2.61 bits per heavy atom. The smallest absolute Gasteiger partial charge is 0.163 e. The van der Waals surface area contributed by atoms with Crippen molar-refractivity contribution >= 4 is 16.7 Å². The second kappa shape index (κ2) is 7.23. The van der Waals surface area contributed by atoms with Gasteiger partial charge < -0.3 is 10.1 Å². The first-order valence-electron chi connectivity index (χ1n) is 8.85. The number of aryl methyl sites for hydroxylation is 1. The number of anilines is 1. The van der Waals surface area contributed by atoms with Crippen molar-refractivity contribution in [3.05, 3.63) is 66.2 Å². The summed E-state index contributed by atoms with van der Waals surface area (Å²) in [7, 11) is 3.41. The van der Waals surface area contributed by atoms with E-state index in [0.29, 0.717) is 22.9 Å². The molecule has 0 radical (unpaired) electrons. The highest BCUT2D eigenvalue weighted by atomic mass is 19.1. The summed E-state index contributed by atoms with van der Waals surface area (Å²) in [5, 5.41) is 3.93. The molecule has 2 heterocycles. The zero-order valence-corrected chi connectivity index (χ0v) is 15.8. The SMILES string of the molecule is CNc1nc(-c2cccnc2)nc2c(OC)cc(-c3cc(F)ccc3C)cc12. The van der Waals surface area contributed by atoms with Gasteiger partial charge in [-0.25, -0.2) is 14.4 Å². The number of benzene rings is 2. The third-order valence-electron chi connectivity index (χ3n) is 4.65. The van der Waals surface area contributed by atoms with Gasteiger partial charge in [-0.05, 0) is 60.0 Å². The molecular formula is C22H19FN4O. The molecule has 5 nitrogen and oxygen atoms in total. The van der Waals surface area contributed by atoms with E-state index in [1.54, 1.807) is 32.6 Å². The number of rotatable bonds is 4. The minimum absolute atomic E-state index is 0.281. The van der Waals surface area contributed by atoms with Gasteiger partial charge in [0.15, 0.2) is 5.82 Å². The van der Waals surface area contributed by atoms with Crippen molar-refractivity contribution in [2.24, 2.45) is 0 Å². The van der Waals surface area contributed by atoms with Crippen LogP contribution in [0.15, 0.2) is 54.9 Å². The Bertz CT molecular complexity index is 1160. The van der Waals surface area contributed by atoms with Gasteiger partial charge in [0.2, 0.25) is 0 Å². The van der Waals surface area contributed by atoms with E-state index in [0.717, 1.165) is 27.6 Å². The molecule has 0 aliphatic carbocycles. The Morgan fingerprint density at radius 2 is 1.89 bits per heavy atom. The lowest BCUT2D eigenvalue weighted by Crippen LogP contribution is -2.01. The van der Waals surface area contributed by atoms with Crippen LogP contribution in [0.2, 0.25) is 0 Å². The van der Waals surface area contributed by atoms with Crippen molar-refractivity contribution in [3.8, 4) is 28.3 Å². The number of fused-ring (bicyclic) bond motifs is 1. The van der Waals surface area contributed by atoms with Gasteiger partial charge in [0.25, 0.3) is 0 Å². The molecule has 0 atom stereocenters. The summed E-state index contributed by atoms with van der Waals surface area (Å²) in [6.07, 6.45) is 3.43. The quantitative estimate of drug-likeness (QED) is 0.553. The van der Waals surface area contributed by atoms with E-state index in [2.05, 4.69) is 15.3 Å². The largest absolute Gasteiger partial charge is 0.494 e. The maximum atomic E-state index is 13.8. The Hall–Kier alpha value is -3.54. The topological polar surface area (TPSA) is 59.9 Å². The van der Waals surface area contributed by atoms with Crippen LogP contribution in [-0.4, -0.2) is 29.1 Å². The number of hydrogen-bond donors (Lipinski definition) is 1. The van der Waals surface area contributed by atoms with Crippen LogP contribution in [0, 0.1) is 12.7 Å².